The van der Waals surface area contributed by atoms with E-state index in [1.807, 2.05) is 44.2 Å². The lowest BCUT2D eigenvalue weighted by molar-refractivity contribution is -0.135. The second kappa shape index (κ2) is 13.0. The molecule has 1 aliphatic heterocycles. The summed E-state index contributed by atoms with van der Waals surface area (Å²) in [5, 5.41) is 6.05. The van der Waals surface area contributed by atoms with Crippen molar-refractivity contribution in [3.05, 3.63) is 59.1 Å². The molecule has 0 aliphatic carbocycles. The van der Waals surface area contributed by atoms with Crippen molar-refractivity contribution in [1.29, 1.82) is 0 Å². The molecule has 1 aromatic carbocycles. The van der Waals surface area contributed by atoms with E-state index < -0.39 is 11.9 Å². The molecule has 37 heavy (non-hydrogen) atoms. The number of nitrogens with two attached hydrogens (primary N) is 1. The smallest absolute Gasteiger partial charge is 0.271 e. The Morgan fingerprint density at radius 1 is 1.24 bits per heavy atom. The molecule has 2 heterocycles. The molecule has 1 fully saturated rings. The van der Waals surface area contributed by atoms with Gasteiger partial charge in [0.15, 0.2) is 11.5 Å². The van der Waals surface area contributed by atoms with Gasteiger partial charge in [-0.05, 0) is 63.9 Å². The zero-order valence-corrected chi connectivity index (χ0v) is 22.1. The molecular weight excluding hydrogens is 470 g/mol. The fourth-order valence-electron chi connectivity index (χ4n) is 3.92. The summed E-state index contributed by atoms with van der Waals surface area (Å²) in [5.74, 6) is -0.738. The largest absolute Gasteiger partial charge is 0.364 e. The summed E-state index contributed by atoms with van der Waals surface area (Å²) >= 11 is 0. The Kier molecular flexibility index (Phi) is 9.73. The fraction of sp³-hybridized carbons (Fsp3) is 0.444. The van der Waals surface area contributed by atoms with E-state index in [-0.39, 0.29) is 17.5 Å². The van der Waals surface area contributed by atoms with Gasteiger partial charge in [0.1, 0.15) is 6.04 Å². The lowest BCUT2D eigenvalue weighted by Gasteiger charge is -2.29. The number of anilines is 2. The monoisotopic (exact) mass is 507 g/mol. The summed E-state index contributed by atoms with van der Waals surface area (Å²) in [7, 11) is 1.63. The quantitative estimate of drug-likeness (QED) is 0.374. The van der Waals surface area contributed by atoms with Gasteiger partial charge in [0.2, 0.25) is 11.8 Å². The summed E-state index contributed by atoms with van der Waals surface area (Å²) in [4.78, 5) is 49.4. The Labute approximate surface area is 218 Å². The van der Waals surface area contributed by atoms with Crippen LogP contribution >= 0.6 is 0 Å². The van der Waals surface area contributed by atoms with E-state index in [9.17, 15) is 14.4 Å². The number of nitrogens with one attached hydrogen (secondary N) is 2. The highest BCUT2D eigenvalue weighted by molar-refractivity contribution is 5.96. The molecule has 0 saturated carbocycles. The van der Waals surface area contributed by atoms with Crippen LogP contribution in [0.4, 0.5) is 11.5 Å². The molecule has 1 unspecified atom stereocenters. The first-order chi connectivity index (χ1) is 17.7. The number of aryl methyl sites for hydroxylation is 2. The standard InChI is InChI=1S/C27H37N7O3/c1-5-22-18(2)30-26(24(32-22)25(28)36)31-21-10-6-9-20(17-21)12-13-29-27(37)19(3)33(4)23(35)11-7-14-34-15-8-16-34/h6-7,9-11,17,19H,5,8,12-16H2,1-4H3,(H2,28,36)(H,29,37)(H,30,31)/b11-7+. The first kappa shape index (κ1) is 27.8. The van der Waals surface area contributed by atoms with Crippen LogP contribution in [0.3, 0.4) is 0 Å². The predicted molar refractivity (Wildman–Crippen MR) is 144 cm³/mol. The van der Waals surface area contributed by atoms with Crippen molar-refractivity contribution in [3.63, 3.8) is 0 Å². The fourth-order valence-corrected chi connectivity index (χ4v) is 3.92. The number of hydrogen-bond donors (Lipinski definition) is 3. The highest BCUT2D eigenvalue weighted by atomic mass is 16.2. The first-order valence-electron chi connectivity index (χ1n) is 12.7. The maximum Gasteiger partial charge on any atom is 0.271 e. The van der Waals surface area contributed by atoms with Gasteiger partial charge in [0, 0.05) is 31.9 Å². The molecule has 3 amide bonds. The minimum atomic E-state index is -0.646. The normalized spacial score (nSPS) is 14.2. The Bertz CT molecular complexity index is 1160. The number of carbonyl (C=O) groups excluding carboxylic acids is 3. The molecule has 198 valence electrons. The molecule has 4 N–H and O–H groups in total. The Morgan fingerprint density at radius 2 is 2.00 bits per heavy atom. The Morgan fingerprint density at radius 3 is 2.65 bits per heavy atom. The third kappa shape index (κ3) is 7.60. The van der Waals surface area contributed by atoms with E-state index in [1.165, 1.54) is 17.4 Å². The number of benzene rings is 1. The van der Waals surface area contributed by atoms with Gasteiger partial charge in [0.25, 0.3) is 5.91 Å². The molecule has 0 spiro atoms. The number of hydrogen-bond acceptors (Lipinski definition) is 7. The van der Waals surface area contributed by atoms with Crippen LogP contribution in [-0.2, 0) is 22.4 Å². The van der Waals surface area contributed by atoms with E-state index in [0.29, 0.717) is 25.2 Å². The van der Waals surface area contributed by atoms with Gasteiger partial charge in [0.05, 0.1) is 11.4 Å². The minimum absolute atomic E-state index is 0.100. The summed E-state index contributed by atoms with van der Waals surface area (Å²) in [6, 6.07) is 7.02. The van der Waals surface area contributed by atoms with Crippen molar-refractivity contribution in [2.75, 3.05) is 38.5 Å². The Hall–Kier alpha value is -3.79. The van der Waals surface area contributed by atoms with Gasteiger partial charge in [-0.15, -0.1) is 0 Å². The van der Waals surface area contributed by atoms with Crippen LogP contribution in [0.2, 0.25) is 0 Å². The predicted octanol–water partition coefficient (Wildman–Crippen LogP) is 1.96. The highest BCUT2D eigenvalue weighted by Gasteiger charge is 2.21. The van der Waals surface area contributed by atoms with Gasteiger partial charge in [-0.3, -0.25) is 19.3 Å². The average molecular weight is 508 g/mol. The summed E-state index contributed by atoms with van der Waals surface area (Å²) in [5.41, 5.74) is 8.79. The summed E-state index contributed by atoms with van der Waals surface area (Å²) in [6.45, 7) is 8.81. The van der Waals surface area contributed by atoms with Crippen molar-refractivity contribution in [2.24, 2.45) is 5.73 Å². The number of primary amides is 1. The van der Waals surface area contributed by atoms with Gasteiger partial charge in [-0.1, -0.05) is 25.1 Å². The van der Waals surface area contributed by atoms with E-state index in [2.05, 4.69) is 25.5 Å². The number of nitrogens with zero attached hydrogens (tertiary/aromatic N) is 4. The molecule has 2 aromatic rings. The van der Waals surface area contributed by atoms with Crippen molar-refractivity contribution in [3.8, 4) is 0 Å². The maximum atomic E-state index is 12.6. The molecule has 1 saturated heterocycles. The van der Waals surface area contributed by atoms with Crippen molar-refractivity contribution in [2.45, 2.75) is 46.1 Å². The number of aromatic nitrogens is 2. The number of likely N-dealkylation sites (tertiary alicyclic amines) is 1. The van der Waals surface area contributed by atoms with Crippen LogP contribution in [0.5, 0.6) is 0 Å². The molecule has 1 atom stereocenters. The highest BCUT2D eigenvalue weighted by Crippen LogP contribution is 2.20. The molecular formula is C27H37N7O3. The Balaban J connectivity index is 1.53. The van der Waals surface area contributed by atoms with Crippen molar-refractivity contribution >= 4 is 29.2 Å². The zero-order valence-electron chi connectivity index (χ0n) is 22.1. The van der Waals surface area contributed by atoms with Crippen LogP contribution in [0, 0.1) is 6.92 Å². The first-order valence-corrected chi connectivity index (χ1v) is 12.7. The lowest BCUT2D eigenvalue weighted by atomic mass is 10.1. The SMILES string of the molecule is CCc1nc(C(N)=O)c(Nc2cccc(CCNC(=O)C(C)N(C)C(=O)/C=C/CN3CCC3)c2)nc1C. The topological polar surface area (TPSA) is 134 Å². The van der Waals surface area contributed by atoms with Gasteiger partial charge >= 0.3 is 0 Å². The van der Waals surface area contributed by atoms with E-state index in [4.69, 9.17) is 5.73 Å². The van der Waals surface area contributed by atoms with Crippen molar-refractivity contribution < 1.29 is 14.4 Å². The molecule has 1 aliphatic rings. The van der Waals surface area contributed by atoms with E-state index >= 15 is 0 Å². The number of amides is 3. The molecule has 10 nitrogen and oxygen atoms in total. The van der Waals surface area contributed by atoms with Gasteiger partial charge in [-0.25, -0.2) is 9.97 Å². The van der Waals surface area contributed by atoms with Crippen molar-refractivity contribution in [1.82, 2.24) is 25.1 Å². The molecule has 0 bridgehead atoms. The van der Waals surface area contributed by atoms with E-state index in [0.717, 1.165) is 42.3 Å². The second-order valence-electron chi connectivity index (χ2n) is 9.22. The van der Waals surface area contributed by atoms with Crippen LogP contribution in [0.1, 0.15) is 47.7 Å². The van der Waals surface area contributed by atoms with Gasteiger partial charge < -0.3 is 21.3 Å². The molecule has 10 heteroatoms. The lowest BCUT2D eigenvalue weighted by Crippen LogP contribution is -2.46. The molecule has 3 rings (SSSR count). The third-order valence-electron chi connectivity index (χ3n) is 6.52. The van der Waals surface area contributed by atoms with Gasteiger partial charge in [-0.2, -0.15) is 0 Å². The van der Waals surface area contributed by atoms with E-state index in [1.54, 1.807) is 14.0 Å². The van der Waals surface area contributed by atoms with Crippen LogP contribution < -0.4 is 16.4 Å². The number of likely N-dealkylation sites (N-methyl/N-ethyl adjacent to an activating group) is 1. The third-order valence-corrected chi connectivity index (χ3v) is 6.52. The van der Waals surface area contributed by atoms with Crippen LogP contribution in [0.25, 0.3) is 0 Å². The maximum absolute atomic E-state index is 12.6. The zero-order chi connectivity index (χ0) is 26.9. The minimum Gasteiger partial charge on any atom is -0.364 e. The molecule has 0 radical (unpaired) electrons. The molecule has 1 aromatic heterocycles. The number of carbonyl (C=O) groups is 3. The second-order valence-corrected chi connectivity index (χ2v) is 9.22. The summed E-state index contributed by atoms with van der Waals surface area (Å²) < 4.78 is 0. The number of rotatable bonds is 12. The van der Waals surface area contributed by atoms with Crippen LogP contribution in [-0.4, -0.2) is 76.8 Å². The summed E-state index contributed by atoms with van der Waals surface area (Å²) in [6.07, 6.45) is 5.83. The van der Waals surface area contributed by atoms with Crippen LogP contribution in [0.15, 0.2) is 36.4 Å². The average Bonchev–Trinajstić information content (AvgIpc) is 2.84.